The van der Waals surface area contributed by atoms with Gasteiger partial charge in [-0.3, -0.25) is 4.79 Å². The summed E-state index contributed by atoms with van der Waals surface area (Å²) in [5, 5.41) is 18.2. The molecule has 0 saturated carbocycles. The fourth-order valence-electron chi connectivity index (χ4n) is 2.32. The smallest absolute Gasteiger partial charge is 0.337 e. The molecule has 0 aliphatic carbocycles. The van der Waals surface area contributed by atoms with Gasteiger partial charge in [0.05, 0.1) is 10.5 Å². The number of rotatable bonds is 4. The number of benzene rings is 1. The van der Waals surface area contributed by atoms with Crippen molar-refractivity contribution in [3.63, 3.8) is 0 Å². The molecule has 1 heterocycles. The molecule has 1 saturated heterocycles. The fourth-order valence-corrected chi connectivity index (χ4v) is 4.16. The van der Waals surface area contributed by atoms with Gasteiger partial charge in [0.2, 0.25) is 10.0 Å². The van der Waals surface area contributed by atoms with Crippen LogP contribution in [-0.2, 0) is 14.8 Å². The minimum Gasteiger partial charge on any atom is -0.480 e. The lowest BCUT2D eigenvalue weighted by molar-refractivity contribution is -0.140. The molecule has 2 unspecified atom stereocenters. The minimum atomic E-state index is -4.25. The standard InChI is InChI=1S/C12H14N2O6S/c13-7-5-9(12(17)18)14(6-7)21(19,20)10-4-2-1-3-8(10)11(15)16/h1-4,7,9H,5-6,13H2,(H,15,16)(H,17,18). The molecule has 0 spiro atoms. The number of hydrogen-bond donors (Lipinski definition) is 3. The van der Waals surface area contributed by atoms with Gasteiger partial charge in [-0.15, -0.1) is 0 Å². The highest BCUT2D eigenvalue weighted by Crippen LogP contribution is 2.27. The number of carbonyl (C=O) groups is 2. The largest absolute Gasteiger partial charge is 0.480 e. The van der Waals surface area contributed by atoms with Crippen molar-refractivity contribution < 1.29 is 28.2 Å². The van der Waals surface area contributed by atoms with Gasteiger partial charge in [-0.05, 0) is 18.6 Å². The number of sulfonamides is 1. The van der Waals surface area contributed by atoms with Gasteiger partial charge < -0.3 is 15.9 Å². The van der Waals surface area contributed by atoms with Gasteiger partial charge in [0, 0.05) is 12.6 Å². The van der Waals surface area contributed by atoms with Crippen LogP contribution in [0, 0.1) is 0 Å². The third kappa shape index (κ3) is 2.75. The van der Waals surface area contributed by atoms with E-state index in [2.05, 4.69) is 0 Å². The predicted molar refractivity (Wildman–Crippen MR) is 71.3 cm³/mol. The van der Waals surface area contributed by atoms with E-state index in [1.807, 2.05) is 0 Å². The zero-order valence-electron chi connectivity index (χ0n) is 10.8. The predicted octanol–water partition coefficient (Wildman–Crippen LogP) is -0.440. The second-order valence-electron chi connectivity index (χ2n) is 4.73. The average Bonchev–Trinajstić information content (AvgIpc) is 2.82. The van der Waals surface area contributed by atoms with Crippen LogP contribution in [0.4, 0.5) is 0 Å². The molecule has 1 aliphatic rings. The van der Waals surface area contributed by atoms with E-state index in [1.54, 1.807) is 0 Å². The number of carboxylic acids is 2. The van der Waals surface area contributed by atoms with E-state index in [4.69, 9.17) is 15.9 Å². The molecule has 2 atom stereocenters. The average molecular weight is 314 g/mol. The fraction of sp³-hybridized carbons (Fsp3) is 0.333. The first-order chi connectivity index (χ1) is 9.75. The zero-order valence-corrected chi connectivity index (χ0v) is 11.7. The van der Waals surface area contributed by atoms with E-state index in [-0.39, 0.29) is 13.0 Å². The van der Waals surface area contributed by atoms with Crippen molar-refractivity contribution >= 4 is 22.0 Å². The summed E-state index contributed by atoms with van der Waals surface area (Å²) >= 11 is 0. The van der Waals surface area contributed by atoms with Crippen LogP contribution in [-0.4, -0.2) is 53.5 Å². The lowest BCUT2D eigenvalue weighted by atomic mass is 10.2. The van der Waals surface area contributed by atoms with Gasteiger partial charge in [-0.25, -0.2) is 13.2 Å². The normalized spacial score (nSPS) is 23.1. The molecule has 0 radical (unpaired) electrons. The van der Waals surface area contributed by atoms with Crippen LogP contribution in [0.25, 0.3) is 0 Å². The van der Waals surface area contributed by atoms with Gasteiger partial charge in [-0.1, -0.05) is 12.1 Å². The summed E-state index contributed by atoms with van der Waals surface area (Å²) in [6.45, 7) is -0.159. The van der Waals surface area contributed by atoms with Gasteiger partial charge in [-0.2, -0.15) is 4.31 Å². The van der Waals surface area contributed by atoms with Crippen molar-refractivity contribution in [1.82, 2.24) is 4.31 Å². The molecule has 1 aromatic rings. The molecule has 8 nitrogen and oxygen atoms in total. The monoisotopic (exact) mass is 314 g/mol. The van der Waals surface area contributed by atoms with Crippen LogP contribution in [0.5, 0.6) is 0 Å². The summed E-state index contributed by atoms with van der Waals surface area (Å²) in [5.41, 5.74) is 5.24. The Bertz CT molecular complexity index is 687. The van der Waals surface area contributed by atoms with Gasteiger partial charge in [0.1, 0.15) is 6.04 Å². The first-order valence-electron chi connectivity index (χ1n) is 6.07. The second kappa shape index (κ2) is 5.43. The SMILES string of the molecule is NC1CC(C(=O)O)N(S(=O)(=O)c2ccccc2C(=O)O)C1. The van der Waals surface area contributed by atoms with Crippen LogP contribution in [0.3, 0.4) is 0 Å². The molecule has 9 heteroatoms. The summed E-state index contributed by atoms with van der Waals surface area (Å²) in [6, 6.07) is 3.19. The number of aliphatic carboxylic acids is 1. The van der Waals surface area contributed by atoms with Crippen molar-refractivity contribution in [1.29, 1.82) is 0 Å². The third-order valence-corrected chi connectivity index (χ3v) is 5.21. The van der Waals surface area contributed by atoms with Crippen LogP contribution in [0.2, 0.25) is 0 Å². The summed E-state index contributed by atoms with van der Waals surface area (Å²) in [4.78, 5) is 21.9. The van der Waals surface area contributed by atoms with Crippen molar-refractivity contribution in [3.05, 3.63) is 29.8 Å². The number of nitrogens with zero attached hydrogens (tertiary/aromatic N) is 1. The van der Waals surface area contributed by atoms with Gasteiger partial charge in [0.25, 0.3) is 0 Å². The molecule has 0 aromatic heterocycles. The Morgan fingerprint density at radius 2 is 1.86 bits per heavy atom. The second-order valence-corrected chi connectivity index (χ2v) is 6.58. The molecular weight excluding hydrogens is 300 g/mol. The molecule has 1 aliphatic heterocycles. The molecule has 1 fully saturated rings. The Labute approximate surface area is 120 Å². The number of nitrogens with two attached hydrogens (primary N) is 1. The Kier molecular flexibility index (Phi) is 3.99. The minimum absolute atomic E-state index is 0.0101. The quantitative estimate of drug-likeness (QED) is 0.684. The maximum atomic E-state index is 12.6. The van der Waals surface area contributed by atoms with E-state index >= 15 is 0 Å². The summed E-state index contributed by atoms with van der Waals surface area (Å²) in [7, 11) is -4.25. The van der Waals surface area contributed by atoms with E-state index in [1.165, 1.54) is 12.1 Å². The van der Waals surface area contributed by atoms with Crippen molar-refractivity contribution in [2.75, 3.05) is 6.54 Å². The molecule has 114 valence electrons. The van der Waals surface area contributed by atoms with Crippen molar-refractivity contribution in [2.24, 2.45) is 5.73 Å². The highest BCUT2D eigenvalue weighted by Gasteiger charge is 2.43. The molecule has 0 bridgehead atoms. The van der Waals surface area contributed by atoms with Gasteiger partial charge >= 0.3 is 11.9 Å². The summed E-state index contributed by atoms with van der Waals surface area (Å²) in [5.74, 6) is -2.70. The summed E-state index contributed by atoms with van der Waals surface area (Å²) < 4.78 is 25.9. The Morgan fingerprint density at radius 3 is 2.43 bits per heavy atom. The zero-order chi connectivity index (χ0) is 15.8. The highest BCUT2D eigenvalue weighted by atomic mass is 32.2. The topological polar surface area (TPSA) is 138 Å². The maximum absolute atomic E-state index is 12.6. The van der Waals surface area contributed by atoms with E-state index in [0.29, 0.717) is 0 Å². The molecule has 2 rings (SSSR count). The lowest BCUT2D eigenvalue weighted by Gasteiger charge is -2.21. The number of hydrogen-bond acceptors (Lipinski definition) is 5. The number of carboxylic acid groups (broad SMARTS) is 2. The first-order valence-corrected chi connectivity index (χ1v) is 7.51. The molecule has 0 amide bonds. The maximum Gasteiger partial charge on any atom is 0.337 e. The Balaban J connectivity index is 2.52. The Morgan fingerprint density at radius 1 is 1.24 bits per heavy atom. The number of aromatic carboxylic acids is 1. The Hall–Kier alpha value is -1.97. The summed E-state index contributed by atoms with van der Waals surface area (Å²) in [6.07, 6.45) is -0.0101. The van der Waals surface area contributed by atoms with E-state index < -0.39 is 44.5 Å². The third-order valence-electron chi connectivity index (χ3n) is 3.28. The molecule has 1 aromatic carbocycles. The highest BCUT2D eigenvalue weighted by molar-refractivity contribution is 7.89. The van der Waals surface area contributed by atoms with Crippen LogP contribution >= 0.6 is 0 Å². The van der Waals surface area contributed by atoms with Crippen LogP contribution < -0.4 is 5.73 Å². The molecular formula is C12H14N2O6S. The molecule has 4 N–H and O–H groups in total. The van der Waals surface area contributed by atoms with Crippen molar-refractivity contribution in [3.8, 4) is 0 Å². The van der Waals surface area contributed by atoms with E-state index in [9.17, 15) is 18.0 Å². The van der Waals surface area contributed by atoms with E-state index in [0.717, 1.165) is 16.4 Å². The van der Waals surface area contributed by atoms with Crippen LogP contribution in [0.15, 0.2) is 29.2 Å². The lowest BCUT2D eigenvalue weighted by Crippen LogP contribution is -2.41. The molecule has 21 heavy (non-hydrogen) atoms. The van der Waals surface area contributed by atoms with Gasteiger partial charge in [0.15, 0.2) is 0 Å². The first kappa shape index (κ1) is 15.4. The van der Waals surface area contributed by atoms with Crippen LogP contribution in [0.1, 0.15) is 16.8 Å². The van der Waals surface area contributed by atoms with Crippen molar-refractivity contribution in [2.45, 2.75) is 23.4 Å².